The zero-order valence-electron chi connectivity index (χ0n) is 21.4. The molecule has 1 amide bonds. The summed E-state index contributed by atoms with van der Waals surface area (Å²) in [6.45, 7) is 6.17. The summed E-state index contributed by atoms with van der Waals surface area (Å²) >= 11 is 1.07. The molecule has 1 saturated heterocycles. The van der Waals surface area contributed by atoms with Crippen molar-refractivity contribution in [2.75, 3.05) is 25.1 Å². The average Bonchev–Trinajstić information content (AvgIpc) is 3.41. The van der Waals surface area contributed by atoms with Crippen LogP contribution in [0, 0.1) is 6.92 Å². The fourth-order valence-corrected chi connectivity index (χ4v) is 6.07. The van der Waals surface area contributed by atoms with Gasteiger partial charge in [0.2, 0.25) is 5.89 Å². The molecular formula is C24H27F3N6O5S. The van der Waals surface area contributed by atoms with Gasteiger partial charge in [0.1, 0.15) is 0 Å². The maximum atomic E-state index is 13.2. The van der Waals surface area contributed by atoms with E-state index in [0.29, 0.717) is 37.8 Å². The van der Waals surface area contributed by atoms with Crippen LogP contribution in [0.5, 0.6) is 0 Å². The highest BCUT2D eigenvalue weighted by atomic mass is 32.2. The lowest BCUT2D eigenvalue weighted by Gasteiger charge is -2.42. The summed E-state index contributed by atoms with van der Waals surface area (Å²) in [4.78, 5) is 31.9. The van der Waals surface area contributed by atoms with Gasteiger partial charge in [-0.15, -0.1) is 5.10 Å². The van der Waals surface area contributed by atoms with E-state index in [9.17, 15) is 22.8 Å². The summed E-state index contributed by atoms with van der Waals surface area (Å²) < 4.78 is 50.8. The average molecular weight is 569 g/mol. The molecular weight excluding hydrogens is 541 g/mol. The monoisotopic (exact) mass is 568 g/mol. The molecule has 2 atom stereocenters. The van der Waals surface area contributed by atoms with Crippen molar-refractivity contribution in [3.63, 3.8) is 0 Å². The molecule has 39 heavy (non-hydrogen) atoms. The Kier molecular flexibility index (Phi) is 7.24. The fraction of sp³-hybridized carbons (Fsp3) is 0.500. The number of halogens is 3. The lowest BCUT2D eigenvalue weighted by atomic mass is 9.94. The number of carbonyl (C=O) groups is 2. The van der Waals surface area contributed by atoms with Crippen molar-refractivity contribution in [3.8, 4) is 0 Å². The second-order valence-corrected chi connectivity index (χ2v) is 11.1. The smallest absolute Gasteiger partial charge is 0.408 e. The second kappa shape index (κ2) is 10.4. The maximum Gasteiger partial charge on any atom is 0.493 e. The number of carbonyl (C=O) groups excluding carboxylic acids is 2. The van der Waals surface area contributed by atoms with Crippen LogP contribution >= 0.6 is 11.8 Å². The first kappa shape index (κ1) is 27.3. The highest BCUT2D eigenvalue weighted by Crippen LogP contribution is 2.46. The van der Waals surface area contributed by atoms with Crippen LogP contribution in [-0.2, 0) is 25.6 Å². The van der Waals surface area contributed by atoms with Gasteiger partial charge < -0.3 is 24.6 Å². The number of aryl methyl sites for hydroxylation is 1. The van der Waals surface area contributed by atoms with E-state index in [1.807, 2.05) is 29.2 Å². The van der Waals surface area contributed by atoms with Crippen molar-refractivity contribution < 1.29 is 36.8 Å². The molecule has 0 bridgehead atoms. The molecule has 15 heteroatoms. The van der Waals surface area contributed by atoms with Crippen LogP contribution < -0.4 is 10.6 Å². The summed E-state index contributed by atoms with van der Waals surface area (Å²) in [5.74, 6) is -2.34. The largest absolute Gasteiger partial charge is 0.493 e. The van der Waals surface area contributed by atoms with Crippen molar-refractivity contribution >= 4 is 35.3 Å². The molecule has 11 nitrogen and oxygen atoms in total. The Morgan fingerprint density at radius 2 is 2.13 bits per heavy atom. The quantitative estimate of drug-likeness (QED) is 0.534. The van der Waals surface area contributed by atoms with Crippen molar-refractivity contribution in [3.05, 3.63) is 46.3 Å². The zero-order valence-corrected chi connectivity index (χ0v) is 22.2. The van der Waals surface area contributed by atoms with E-state index >= 15 is 0 Å². The minimum absolute atomic E-state index is 0.195. The summed E-state index contributed by atoms with van der Waals surface area (Å²) in [6.07, 6.45) is -4.53. The van der Waals surface area contributed by atoms with E-state index in [2.05, 4.69) is 20.8 Å². The third-order valence-corrected chi connectivity index (χ3v) is 7.69. The molecule has 0 aliphatic carbocycles. The van der Waals surface area contributed by atoms with Crippen molar-refractivity contribution in [1.29, 1.82) is 0 Å². The van der Waals surface area contributed by atoms with E-state index in [4.69, 9.17) is 14.0 Å². The molecule has 5 rings (SSSR count). The van der Waals surface area contributed by atoms with Gasteiger partial charge in [0.15, 0.2) is 5.50 Å². The molecule has 0 radical (unpaired) electrons. The number of hydroxylamine groups is 2. The van der Waals surface area contributed by atoms with Crippen LogP contribution in [0.2, 0.25) is 0 Å². The maximum absolute atomic E-state index is 13.2. The Morgan fingerprint density at radius 3 is 2.85 bits per heavy atom. The van der Waals surface area contributed by atoms with Gasteiger partial charge in [-0.25, -0.2) is 4.79 Å². The molecule has 2 aromatic rings. The van der Waals surface area contributed by atoms with Crippen LogP contribution in [0.3, 0.4) is 0 Å². The van der Waals surface area contributed by atoms with Gasteiger partial charge in [-0.1, -0.05) is 29.0 Å². The number of nitrogens with zero attached hydrogens (tertiary/aromatic N) is 4. The highest BCUT2D eigenvalue weighted by Gasteiger charge is 2.51. The Hall–Kier alpha value is -3.30. The van der Waals surface area contributed by atoms with Crippen LogP contribution in [0.25, 0.3) is 0 Å². The number of morpholine rings is 1. The number of alkyl halides is 3. The first-order valence-electron chi connectivity index (χ1n) is 12.2. The molecule has 2 unspecified atom stereocenters. The predicted octanol–water partition coefficient (Wildman–Crippen LogP) is 3.23. The van der Waals surface area contributed by atoms with Crippen molar-refractivity contribution in [1.82, 2.24) is 25.5 Å². The summed E-state index contributed by atoms with van der Waals surface area (Å²) in [5, 5.41) is 14.6. The number of rotatable bonds is 6. The van der Waals surface area contributed by atoms with Gasteiger partial charge >= 0.3 is 18.2 Å². The number of nitrogens with one attached hydrogen (secondary N) is 2. The molecule has 210 valence electrons. The number of benzene rings is 1. The van der Waals surface area contributed by atoms with Gasteiger partial charge in [0.05, 0.1) is 23.8 Å². The van der Waals surface area contributed by atoms with Gasteiger partial charge in [-0.3, -0.25) is 9.69 Å². The lowest BCUT2D eigenvalue weighted by molar-refractivity contribution is -0.243. The van der Waals surface area contributed by atoms with E-state index in [-0.39, 0.29) is 29.1 Å². The number of hydrogen-bond donors (Lipinski definition) is 2. The van der Waals surface area contributed by atoms with Gasteiger partial charge in [-0.05, 0) is 38.0 Å². The minimum atomic E-state index is -5.19. The van der Waals surface area contributed by atoms with Crippen LogP contribution in [0.4, 0.5) is 24.9 Å². The molecule has 4 heterocycles. The first-order valence-corrected chi connectivity index (χ1v) is 13.1. The van der Waals surface area contributed by atoms with E-state index in [1.54, 1.807) is 20.8 Å². The number of hydrogen-bond acceptors (Lipinski definition) is 11. The number of aromatic nitrogens is 2. The van der Waals surface area contributed by atoms with Gasteiger partial charge in [0, 0.05) is 37.2 Å². The summed E-state index contributed by atoms with van der Waals surface area (Å²) in [7, 11) is 0. The molecule has 1 fully saturated rings. The van der Waals surface area contributed by atoms with Crippen molar-refractivity contribution in [2.45, 2.75) is 56.9 Å². The second-order valence-electron chi connectivity index (χ2n) is 10.1. The van der Waals surface area contributed by atoms with Crippen LogP contribution in [-0.4, -0.2) is 75.1 Å². The van der Waals surface area contributed by atoms with Crippen molar-refractivity contribution in [2.24, 2.45) is 0 Å². The third kappa shape index (κ3) is 5.99. The number of amides is 1. The minimum Gasteiger partial charge on any atom is -0.408 e. The Labute approximate surface area is 226 Å². The Balaban J connectivity index is 1.39. The molecule has 1 aromatic carbocycles. The highest BCUT2D eigenvalue weighted by molar-refractivity contribution is 8.04. The molecule has 3 aliphatic rings. The zero-order chi connectivity index (χ0) is 27.9. The molecule has 0 saturated carbocycles. The van der Waals surface area contributed by atoms with Gasteiger partial charge in [0.25, 0.3) is 5.91 Å². The van der Waals surface area contributed by atoms with E-state index in [0.717, 1.165) is 22.4 Å². The standard InChI is InChI=1S/C24H27F3N6O5S/c1-13-30-31-21(37-13)28-15-6-4-5-14(9-15)10-16-12-36-8-7-32(16)22-33(38-20(35)24(25,26)27)17-11-23(2,3)29-19(34)18(17)39-22/h4-6,9,16,22H,7-8,10-12H2,1-3H3,(H,28,31)(H,29,34). The normalized spacial score (nSPS) is 23.4. The molecule has 0 spiro atoms. The first-order chi connectivity index (χ1) is 18.4. The predicted molar refractivity (Wildman–Crippen MR) is 133 cm³/mol. The summed E-state index contributed by atoms with van der Waals surface area (Å²) in [5.41, 5.74) is 0.269. The number of ether oxygens (including phenoxy) is 1. The summed E-state index contributed by atoms with van der Waals surface area (Å²) in [6, 6.07) is 7.45. The third-order valence-electron chi connectivity index (χ3n) is 6.36. The number of anilines is 2. The molecule has 2 N–H and O–H groups in total. The van der Waals surface area contributed by atoms with E-state index < -0.39 is 29.1 Å². The lowest BCUT2D eigenvalue weighted by Crippen LogP contribution is -2.56. The van der Waals surface area contributed by atoms with Crippen LogP contribution in [0.15, 0.2) is 39.3 Å². The Morgan fingerprint density at radius 1 is 1.33 bits per heavy atom. The van der Waals surface area contributed by atoms with Crippen LogP contribution in [0.1, 0.15) is 31.7 Å². The molecule has 1 aromatic heterocycles. The van der Waals surface area contributed by atoms with Gasteiger partial charge in [-0.2, -0.15) is 18.2 Å². The Bertz CT molecular complexity index is 1300. The van der Waals surface area contributed by atoms with E-state index in [1.165, 1.54) is 0 Å². The fourth-order valence-electron chi connectivity index (χ4n) is 4.72. The SMILES string of the molecule is Cc1nnc(Nc2cccc(CC3COCCN3C3SC4=C(CC(C)(C)NC4=O)N3OC(=O)C(F)(F)F)c2)o1. The topological polar surface area (TPSA) is 122 Å². The molecule has 3 aliphatic heterocycles. The number of thioether (sulfide) groups is 1.